The van der Waals surface area contributed by atoms with Crippen molar-refractivity contribution in [2.45, 2.75) is 19.5 Å². The third-order valence-corrected chi connectivity index (χ3v) is 4.28. The van der Waals surface area contributed by atoms with E-state index in [0.29, 0.717) is 12.4 Å². The molecule has 0 saturated carbocycles. The van der Waals surface area contributed by atoms with E-state index in [1.165, 1.54) is 0 Å². The van der Waals surface area contributed by atoms with E-state index >= 15 is 0 Å². The molecule has 0 fully saturated rings. The van der Waals surface area contributed by atoms with Crippen molar-refractivity contribution in [3.05, 3.63) is 64.5 Å². The van der Waals surface area contributed by atoms with Gasteiger partial charge in [0.05, 0.1) is 6.04 Å². The van der Waals surface area contributed by atoms with E-state index in [1.807, 2.05) is 60.0 Å². The quantitative estimate of drug-likeness (QED) is 0.745. The summed E-state index contributed by atoms with van der Waals surface area (Å²) in [5.41, 5.74) is 1.83. The fourth-order valence-corrected chi connectivity index (χ4v) is 2.71. The first-order valence-electron chi connectivity index (χ1n) is 7.60. The number of carbonyl (C=O) groups excluding carboxylic acids is 1. The lowest BCUT2D eigenvalue weighted by molar-refractivity contribution is 0.203. The van der Waals surface area contributed by atoms with E-state index < -0.39 is 0 Å². The van der Waals surface area contributed by atoms with Gasteiger partial charge in [-0.2, -0.15) is 0 Å². The van der Waals surface area contributed by atoms with Crippen LogP contribution in [0.3, 0.4) is 0 Å². The minimum Gasteiger partial charge on any atom is -0.328 e. The molecule has 1 atom stereocenters. The Bertz CT molecular complexity index is 846. The van der Waals surface area contributed by atoms with Gasteiger partial charge in [-0.1, -0.05) is 34.1 Å². The van der Waals surface area contributed by atoms with Crippen molar-refractivity contribution in [3.63, 3.8) is 0 Å². The van der Waals surface area contributed by atoms with E-state index in [0.717, 1.165) is 15.7 Å². The smallest absolute Gasteiger partial charge is 0.318 e. The molecule has 6 nitrogen and oxygen atoms in total. The molecule has 2 aromatic heterocycles. The molecule has 0 bridgehead atoms. The van der Waals surface area contributed by atoms with Crippen LogP contribution in [0, 0.1) is 0 Å². The summed E-state index contributed by atoms with van der Waals surface area (Å²) in [6.07, 6.45) is 1.89. The van der Waals surface area contributed by atoms with Crippen molar-refractivity contribution in [3.8, 4) is 0 Å². The van der Waals surface area contributed by atoms with Gasteiger partial charge in [-0.05, 0) is 36.8 Å². The van der Waals surface area contributed by atoms with Crippen LogP contribution in [0.1, 0.15) is 24.4 Å². The maximum Gasteiger partial charge on any atom is 0.318 e. The third kappa shape index (κ3) is 3.56. The minimum atomic E-state index is -0.248. The summed E-state index contributed by atoms with van der Waals surface area (Å²) < 4.78 is 2.89. The number of carbonyl (C=O) groups is 1. The molecule has 2 amide bonds. The molecular weight excluding hydrogens is 370 g/mol. The second kappa shape index (κ2) is 7.00. The van der Waals surface area contributed by atoms with Gasteiger partial charge in [0.2, 0.25) is 0 Å². The molecule has 0 radical (unpaired) electrons. The van der Waals surface area contributed by atoms with Crippen LogP contribution in [-0.2, 0) is 6.54 Å². The number of nitrogens with one attached hydrogen (secondary N) is 1. The lowest BCUT2D eigenvalue weighted by Crippen LogP contribution is -2.38. The lowest BCUT2D eigenvalue weighted by Gasteiger charge is -2.21. The first-order valence-corrected chi connectivity index (χ1v) is 8.39. The number of aromatic nitrogens is 3. The fourth-order valence-electron chi connectivity index (χ4n) is 2.45. The van der Waals surface area contributed by atoms with Gasteiger partial charge in [0.25, 0.3) is 0 Å². The van der Waals surface area contributed by atoms with Crippen molar-refractivity contribution in [2.75, 3.05) is 7.05 Å². The molecule has 7 heteroatoms. The number of halogens is 1. The first-order chi connectivity index (χ1) is 11.5. The zero-order chi connectivity index (χ0) is 17.1. The number of rotatable bonds is 4. The van der Waals surface area contributed by atoms with Crippen molar-refractivity contribution >= 4 is 27.6 Å². The van der Waals surface area contributed by atoms with Gasteiger partial charge in [-0.3, -0.25) is 4.40 Å². The summed E-state index contributed by atoms with van der Waals surface area (Å²) >= 11 is 3.41. The summed E-state index contributed by atoms with van der Waals surface area (Å²) in [6, 6.07) is 13.2. The van der Waals surface area contributed by atoms with Gasteiger partial charge >= 0.3 is 6.03 Å². The van der Waals surface area contributed by atoms with E-state index in [-0.39, 0.29) is 12.1 Å². The first kappa shape index (κ1) is 16.4. The van der Waals surface area contributed by atoms with Gasteiger partial charge in [0.15, 0.2) is 11.5 Å². The van der Waals surface area contributed by atoms with Crippen LogP contribution < -0.4 is 5.32 Å². The molecular formula is C17H18BrN5O. The van der Waals surface area contributed by atoms with Crippen molar-refractivity contribution in [1.82, 2.24) is 24.8 Å². The highest BCUT2D eigenvalue weighted by Crippen LogP contribution is 2.14. The Hall–Kier alpha value is -2.41. The number of benzene rings is 1. The standard InChI is InChI=1S/C17H18BrN5O/c1-12(16-21-20-15-5-3-4-10-23(15)16)19-17(24)22(2)11-13-6-8-14(18)9-7-13/h3-10,12H,11H2,1-2H3,(H,19,24). The minimum absolute atomic E-state index is 0.155. The molecule has 0 spiro atoms. The summed E-state index contributed by atoms with van der Waals surface area (Å²) in [4.78, 5) is 14.0. The summed E-state index contributed by atoms with van der Waals surface area (Å²) in [7, 11) is 1.77. The second-order valence-electron chi connectivity index (χ2n) is 5.64. The molecule has 2 heterocycles. The summed E-state index contributed by atoms with van der Waals surface area (Å²) in [5, 5.41) is 11.2. The summed E-state index contributed by atoms with van der Waals surface area (Å²) in [5.74, 6) is 0.705. The molecule has 3 aromatic rings. The molecule has 1 unspecified atom stereocenters. The number of hydrogen-bond acceptors (Lipinski definition) is 3. The Morgan fingerprint density at radius 2 is 2.00 bits per heavy atom. The van der Waals surface area contributed by atoms with Gasteiger partial charge in [-0.25, -0.2) is 4.79 Å². The molecule has 3 rings (SSSR count). The Balaban J connectivity index is 1.66. The molecule has 24 heavy (non-hydrogen) atoms. The largest absolute Gasteiger partial charge is 0.328 e. The van der Waals surface area contributed by atoms with Crippen LogP contribution >= 0.6 is 15.9 Å². The molecule has 1 aromatic carbocycles. The predicted octanol–water partition coefficient (Wildman–Crippen LogP) is 3.39. The Kier molecular flexibility index (Phi) is 4.80. The van der Waals surface area contributed by atoms with E-state index in [2.05, 4.69) is 31.4 Å². The SMILES string of the molecule is CC(NC(=O)N(C)Cc1ccc(Br)cc1)c1nnc2ccccn12. The topological polar surface area (TPSA) is 62.5 Å². The zero-order valence-electron chi connectivity index (χ0n) is 13.5. The van der Waals surface area contributed by atoms with Crippen LogP contribution in [-0.4, -0.2) is 32.6 Å². The van der Waals surface area contributed by atoms with Crippen LogP contribution in [0.4, 0.5) is 4.79 Å². The molecule has 0 aliphatic heterocycles. The number of amides is 2. The summed E-state index contributed by atoms with van der Waals surface area (Å²) in [6.45, 7) is 2.43. The highest BCUT2D eigenvalue weighted by molar-refractivity contribution is 9.10. The van der Waals surface area contributed by atoms with Crippen molar-refractivity contribution in [1.29, 1.82) is 0 Å². The van der Waals surface area contributed by atoms with E-state index in [4.69, 9.17) is 0 Å². The van der Waals surface area contributed by atoms with Gasteiger partial charge < -0.3 is 10.2 Å². The Morgan fingerprint density at radius 1 is 1.25 bits per heavy atom. The van der Waals surface area contributed by atoms with Gasteiger partial charge in [0, 0.05) is 24.3 Å². The van der Waals surface area contributed by atoms with E-state index in [1.54, 1.807) is 11.9 Å². The van der Waals surface area contributed by atoms with Gasteiger partial charge in [-0.15, -0.1) is 10.2 Å². The number of urea groups is 1. The number of nitrogens with zero attached hydrogens (tertiary/aromatic N) is 4. The Labute approximate surface area is 148 Å². The molecule has 0 saturated heterocycles. The van der Waals surface area contributed by atoms with Gasteiger partial charge in [0.1, 0.15) is 0 Å². The number of pyridine rings is 1. The van der Waals surface area contributed by atoms with Crippen molar-refractivity contribution in [2.24, 2.45) is 0 Å². The molecule has 0 aliphatic carbocycles. The third-order valence-electron chi connectivity index (χ3n) is 3.75. The van der Waals surface area contributed by atoms with E-state index in [9.17, 15) is 4.79 Å². The monoisotopic (exact) mass is 387 g/mol. The second-order valence-corrected chi connectivity index (χ2v) is 6.56. The van der Waals surface area contributed by atoms with Crippen LogP contribution in [0.25, 0.3) is 5.65 Å². The molecule has 1 N–H and O–H groups in total. The van der Waals surface area contributed by atoms with Crippen LogP contribution in [0.5, 0.6) is 0 Å². The molecule has 0 aliphatic rings. The average molecular weight is 388 g/mol. The predicted molar refractivity (Wildman–Crippen MR) is 95.5 cm³/mol. The normalized spacial score (nSPS) is 12.1. The fraction of sp³-hybridized carbons (Fsp3) is 0.235. The number of fused-ring (bicyclic) bond motifs is 1. The molecule has 124 valence electrons. The van der Waals surface area contributed by atoms with Crippen LogP contribution in [0.15, 0.2) is 53.1 Å². The Morgan fingerprint density at radius 3 is 2.75 bits per heavy atom. The van der Waals surface area contributed by atoms with Crippen molar-refractivity contribution < 1.29 is 4.79 Å². The zero-order valence-corrected chi connectivity index (χ0v) is 15.1. The number of hydrogen-bond donors (Lipinski definition) is 1. The maximum atomic E-state index is 12.4. The maximum absolute atomic E-state index is 12.4. The average Bonchev–Trinajstić information content (AvgIpc) is 3.01. The highest BCUT2D eigenvalue weighted by Gasteiger charge is 2.17. The highest BCUT2D eigenvalue weighted by atomic mass is 79.9. The van der Waals surface area contributed by atoms with Crippen LogP contribution in [0.2, 0.25) is 0 Å². The lowest BCUT2D eigenvalue weighted by atomic mass is 10.2.